The number of amides is 2. The van der Waals surface area contributed by atoms with Gasteiger partial charge in [0.05, 0.1) is 32.7 Å². The number of carbonyl (C=O) groups excluding carboxylic acids is 2. The number of rotatable bonds is 5. The Hall–Kier alpha value is -2.70. The van der Waals surface area contributed by atoms with E-state index in [4.69, 9.17) is 11.6 Å². The van der Waals surface area contributed by atoms with Gasteiger partial charge in [-0.3, -0.25) is 14.6 Å². The minimum atomic E-state index is -0.308. The molecule has 0 unspecified atom stereocenters. The summed E-state index contributed by atoms with van der Waals surface area (Å²) in [5.74, 6) is -0.503. The maximum Gasteiger partial charge on any atom is 0.262 e. The highest BCUT2D eigenvalue weighted by Gasteiger charge is 2.16. The van der Waals surface area contributed by atoms with Crippen LogP contribution in [0.15, 0.2) is 48.5 Å². The number of carbonyl (C=O) groups is 2. The van der Waals surface area contributed by atoms with E-state index in [1.54, 1.807) is 30.3 Å². The minimum absolute atomic E-state index is 0.195. The summed E-state index contributed by atoms with van der Waals surface area (Å²) < 4.78 is 0. The molecule has 1 aromatic carbocycles. The lowest BCUT2D eigenvalue weighted by Crippen LogP contribution is -2.23. The van der Waals surface area contributed by atoms with Crippen LogP contribution < -0.4 is 10.6 Å². The van der Waals surface area contributed by atoms with Gasteiger partial charge in [0, 0.05) is 5.69 Å². The van der Waals surface area contributed by atoms with Gasteiger partial charge < -0.3 is 10.6 Å². The summed E-state index contributed by atoms with van der Waals surface area (Å²) in [4.78, 5) is 29.8. The summed E-state index contributed by atoms with van der Waals surface area (Å²) in [7, 11) is 0. The van der Waals surface area contributed by atoms with E-state index in [-0.39, 0.29) is 11.8 Å². The molecule has 0 atom stereocenters. The number of thiophene rings is 1. The molecule has 2 heterocycles. The lowest BCUT2D eigenvalue weighted by molar-refractivity contribution is 0.0953. The van der Waals surface area contributed by atoms with Crippen LogP contribution in [0.5, 0.6) is 0 Å². The van der Waals surface area contributed by atoms with Crippen LogP contribution in [0, 0.1) is 13.8 Å². The molecule has 0 bridgehead atoms. The summed E-state index contributed by atoms with van der Waals surface area (Å²) in [5.41, 5.74) is 2.88. The molecule has 0 saturated heterocycles. The molecule has 2 amide bonds. The predicted molar refractivity (Wildman–Crippen MR) is 109 cm³/mol. The van der Waals surface area contributed by atoms with Crippen molar-refractivity contribution in [3.63, 3.8) is 0 Å². The standard InChI is InChI=1S/C20H18ClN3O2S/c1-12-10-17(24-19(25)15-8-3-4-9-16(15)21)27-18(12)20(26)22-11-14-7-5-6-13(2)23-14/h3-10H,11H2,1-2H3,(H,22,26)(H,24,25). The highest BCUT2D eigenvalue weighted by atomic mass is 35.5. The second kappa shape index (κ2) is 8.33. The van der Waals surface area contributed by atoms with Crippen LogP contribution in [0.1, 0.15) is 37.0 Å². The maximum absolute atomic E-state index is 12.5. The summed E-state index contributed by atoms with van der Waals surface area (Å²) in [5, 5.41) is 6.64. The Morgan fingerprint density at radius 2 is 1.85 bits per heavy atom. The van der Waals surface area contributed by atoms with Gasteiger partial charge in [-0.25, -0.2) is 0 Å². The van der Waals surface area contributed by atoms with Crippen molar-refractivity contribution in [2.45, 2.75) is 20.4 Å². The van der Waals surface area contributed by atoms with Gasteiger partial charge in [-0.15, -0.1) is 11.3 Å². The molecule has 3 aromatic rings. The van der Waals surface area contributed by atoms with Crippen LogP contribution in [0.25, 0.3) is 0 Å². The van der Waals surface area contributed by atoms with E-state index in [9.17, 15) is 9.59 Å². The normalized spacial score (nSPS) is 10.5. The van der Waals surface area contributed by atoms with E-state index in [1.165, 1.54) is 11.3 Å². The third-order valence-electron chi connectivity index (χ3n) is 3.86. The Morgan fingerprint density at radius 3 is 2.59 bits per heavy atom. The molecule has 2 N–H and O–H groups in total. The Morgan fingerprint density at radius 1 is 1.07 bits per heavy atom. The average molecular weight is 400 g/mol. The molecule has 0 fully saturated rings. The first-order valence-corrected chi connectivity index (χ1v) is 9.50. The fourth-order valence-electron chi connectivity index (χ4n) is 2.54. The number of hydrogen-bond donors (Lipinski definition) is 2. The van der Waals surface area contributed by atoms with Crippen molar-refractivity contribution in [1.82, 2.24) is 10.3 Å². The molecule has 7 heteroatoms. The number of nitrogens with one attached hydrogen (secondary N) is 2. The van der Waals surface area contributed by atoms with Crippen molar-refractivity contribution in [1.29, 1.82) is 0 Å². The molecule has 0 aliphatic carbocycles. The number of anilines is 1. The van der Waals surface area contributed by atoms with Crippen LogP contribution in [-0.4, -0.2) is 16.8 Å². The average Bonchev–Trinajstić information content (AvgIpc) is 3.00. The van der Waals surface area contributed by atoms with Gasteiger partial charge in [-0.2, -0.15) is 0 Å². The van der Waals surface area contributed by atoms with Crippen molar-refractivity contribution < 1.29 is 9.59 Å². The van der Waals surface area contributed by atoms with E-state index < -0.39 is 0 Å². The monoisotopic (exact) mass is 399 g/mol. The van der Waals surface area contributed by atoms with Crippen molar-refractivity contribution in [2.75, 3.05) is 5.32 Å². The summed E-state index contributed by atoms with van der Waals surface area (Å²) in [6, 6.07) is 14.3. The third kappa shape index (κ3) is 4.72. The Labute approximate surface area is 166 Å². The maximum atomic E-state index is 12.5. The molecular formula is C20H18ClN3O2S. The molecule has 3 rings (SSSR count). The molecule has 2 aromatic heterocycles. The van der Waals surface area contributed by atoms with Crippen LogP contribution in [0.3, 0.4) is 0 Å². The predicted octanol–water partition coefficient (Wildman–Crippen LogP) is 4.60. The number of pyridine rings is 1. The van der Waals surface area contributed by atoms with Gasteiger partial charge in [-0.1, -0.05) is 29.8 Å². The lowest BCUT2D eigenvalue weighted by Gasteiger charge is -2.05. The number of aromatic nitrogens is 1. The number of aryl methyl sites for hydroxylation is 2. The molecule has 0 radical (unpaired) electrons. The van der Waals surface area contributed by atoms with Crippen molar-refractivity contribution in [3.8, 4) is 0 Å². The zero-order valence-electron chi connectivity index (χ0n) is 14.9. The second-order valence-electron chi connectivity index (χ2n) is 6.01. The molecule has 0 aliphatic rings. The number of benzene rings is 1. The smallest absolute Gasteiger partial charge is 0.262 e. The van der Waals surface area contributed by atoms with Gasteiger partial charge in [0.15, 0.2) is 0 Å². The van der Waals surface area contributed by atoms with Crippen LogP contribution in [-0.2, 0) is 6.54 Å². The fraction of sp³-hybridized carbons (Fsp3) is 0.150. The highest BCUT2D eigenvalue weighted by Crippen LogP contribution is 2.28. The topological polar surface area (TPSA) is 71.1 Å². The largest absolute Gasteiger partial charge is 0.346 e. The Balaban J connectivity index is 1.67. The van der Waals surface area contributed by atoms with Gasteiger partial charge in [-0.05, 0) is 49.7 Å². The molecule has 138 valence electrons. The number of halogens is 1. The molecule has 0 spiro atoms. The lowest BCUT2D eigenvalue weighted by atomic mass is 10.2. The van der Waals surface area contributed by atoms with Gasteiger partial charge in [0.25, 0.3) is 11.8 Å². The molecule has 0 saturated carbocycles. The SMILES string of the molecule is Cc1cccc(CNC(=O)c2sc(NC(=O)c3ccccc3Cl)cc2C)n1. The molecule has 27 heavy (non-hydrogen) atoms. The molecule has 5 nitrogen and oxygen atoms in total. The van der Waals surface area contributed by atoms with Crippen LogP contribution in [0.2, 0.25) is 5.02 Å². The molecular weight excluding hydrogens is 382 g/mol. The zero-order chi connectivity index (χ0) is 19.4. The fourth-order valence-corrected chi connectivity index (χ4v) is 3.75. The van der Waals surface area contributed by atoms with E-state index in [1.807, 2.05) is 32.0 Å². The van der Waals surface area contributed by atoms with E-state index >= 15 is 0 Å². The first-order chi connectivity index (χ1) is 12.9. The van der Waals surface area contributed by atoms with E-state index in [2.05, 4.69) is 15.6 Å². The first-order valence-electron chi connectivity index (χ1n) is 8.31. The first kappa shape index (κ1) is 19.1. The Bertz CT molecular complexity index is 1000. The van der Waals surface area contributed by atoms with E-state index in [0.717, 1.165) is 17.0 Å². The summed E-state index contributed by atoms with van der Waals surface area (Å²) >= 11 is 7.28. The summed E-state index contributed by atoms with van der Waals surface area (Å²) in [6.45, 7) is 4.09. The highest BCUT2D eigenvalue weighted by molar-refractivity contribution is 7.18. The van der Waals surface area contributed by atoms with Crippen LogP contribution >= 0.6 is 22.9 Å². The Kier molecular flexibility index (Phi) is 5.88. The van der Waals surface area contributed by atoms with Crippen LogP contribution in [0.4, 0.5) is 5.00 Å². The number of hydrogen-bond acceptors (Lipinski definition) is 4. The van der Waals surface area contributed by atoms with Crippen molar-refractivity contribution >= 4 is 39.8 Å². The van der Waals surface area contributed by atoms with E-state index in [0.29, 0.717) is 27.0 Å². The van der Waals surface area contributed by atoms with Gasteiger partial charge >= 0.3 is 0 Å². The molecule has 0 aliphatic heterocycles. The number of nitrogens with zero attached hydrogens (tertiary/aromatic N) is 1. The second-order valence-corrected chi connectivity index (χ2v) is 7.47. The quantitative estimate of drug-likeness (QED) is 0.658. The summed E-state index contributed by atoms with van der Waals surface area (Å²) in [6.07, 6.45) is 0. The zero-order valence-corrected chi connectivity index (χ0v) is 16.4. The van der Waals surface area contributed by atoms with Crippen molar-refractivity contribution in [3.05, 3.63) is 80.9 Å². The van der Waals surface area contributed by atoms with Gasteiger partial charge in [0.1, 0.15) is 0 Å². The van der Waals surface area contributed by atoms with Gasteiger partial charge in [0.2, 0.25) is 0 Å². The minimum Gasteiger partial charge on any atom is -0.346 e. The van der Waals surface area contributed by atoms with Crippen molar-refractivity contribution in [2.24, 2.45) is 0 Å². The third-order valence-corrected chi connectivity index (χ3v) is 5.34.